The molecule has 6 nitrogen and oxygen atoms in total. The van der Waals surface area contributed by atoms with Crippen molar-refractivity contribution < 1.29 is 9.59 Å². The van der Waals surface area contributed by atoms with E-state index in [1.54, 1.807) is 24.3 Å². The van der Waals surface area contributed by atoms with E-state index in [2.05, 4.69) is 20.5 Å². The summed E-state index contributed by atoms with van der Waals surface area (Å²) in [6.07, 6.45) is 7.10. The summed E-state index contributed by atoms with van der Waals surface area (Å²) in [6, 6.07) is 18.2. The molecule has 1 aliphatic rings. The summed E-state index contributed by atoms with van der Waals surface area (Å²) in [6.45, 7) is 2.67. The summed E-state index contributed by atoms with van der Waals surface area (Å²) in [5.74, 6) is 0.181. The van der Waals surface area contributed by atoms with Crippen LogP contribution in [0, 0.1) is 5.92 Å². The standard InChI is InChI=1S/C27H29ClN4O2/c28-23-9-7-21(8-10-23)27(34)31-25-6-2-1-5-22(25)18-26(33)30-19-20-4-3-16-32(17-13-20)24-11-14-29-15-12-24/h1-2,5-12,14-15,20H,3-4,13,16-19H2,(H,30,33)(H,31,34). The number of carbonyl (C=O) groups excluding carboxylic acids is 2. The molecule has 34 heavy (non-hydrogen) atoms. The van der Waals surface area contributed by atoms with Gasteiger partial charge in [-0.25, -0.2) is 0 Å². The number of pyridine rings is 1. The maximum atomic E-state index is 12.7. The molecule has 0 spiro atoms. The molecule has 1 unspecified atom stereocenters. The molecule has 4 rings (SSSR count). The average molecular weight is 477 g/mol. The second kappa shape index (κ2) is 11.7. The smallest absolute Gasteiger partial charge is 0.255 e. The molecule has 0 bridgehead atoms. The number of rotatable bonds is 7. The highest BCUT2D eigenvalue weighted by molar-refractivity contribution is 6.30. The number of anilines is 2. The first-order chi connectivity index (χ1) is 16.6. The van der Waals surface area contributed by atoms with Crippen LogP contribution in [-0.4, -0.2) is 36.4 Å². The van der Waals surface area contributed by atoms with Gasteiger partial charge in [0, 0.05) is 54.0 Å². The second-order valence-electron chi connectivity index (χ2n) is 8.59. The Kier molecular flexibility index (Phi) is 8.15. The molecule has 1 aliphatic heterocycles. The molecule has 2 N–H and O–H groups in total. The van der Waals surface area contributed by atoms with E-state index in [1.165, 1.54) is 5.69 Å². The first-order valence-electron chi connectivity index (χ1n) is 11.6. The highest BCUT2D eigenvalue weighted by atomic mass is 35.5. The van der Waals surface area contributed by atoms with Gasteiger partial charge in [-0.05, 0) is 73.2 Å². The Bertz CT molecular complexity index is 1110. The Morgan fingerprint density at radius 3 is 2.53 bits per heavy atom. The molecule has 2 amide bonds. The molecule has 176 valence electrons. The van der Waals surface area contributed by atoms with Crippen molar-refractivity contribution in [1.82, 2.24) is 10.3 Å². The molecule has 2 heterocycles. The van der Waals surface area contributed by atoms with Crippen molar-refractivity contribution in [2.45, 2.75) is 25.7 Å². The van der Waals surface area contributed by atoms with E-state index in [4.69, 9.17) is 11.6 Å². The summed E-state index contributed by atoms with van der Waals surface area (Å²) in [5.41, 5.74) is 3.14. The predicted molar refractivity (Wildman–Crippen MR) is 136 cm³/mol. The van der Waals surface area contributed by atoms with Crippen LogP contribution < -0.4 is 15.5 Å². The SMILES string of the molecule is O=C(Cc1ccccc1NC(=O)c1ccc(Cl)cc1)NCC1CCCN(c2ccncc2)CC1. The largest absolute Gasteiger partial charge is 0.371 e. The Balaban J connectivity index is 1.29. The Labute approximate surface area is 205 Å². The summed E-state index contributed by atoms with van der Waals surface area (Å²) < 4.78 is 0. The Morgan fingerprint density at radius 2 is 1.74 bits per heavy atom. The summed E-state index contributed by atoms with van der Waals surface area (Å²) in [4.78, 5) is 31.8. The predicted octanol–water partition coefficient (Wildman–Crippen LogP) is 4.95. The van der Waals surface area contributed by atoms with Crippen LogP contribution in [0.15, 0.2) is 73.1 Å². The van der Waals surface area contributed by atoms with Crippen LogP contribution in [0.2, 0.25) is 5.02 Å². The number of hydrogen-bond acceptors (Lipinski definition) is 4. The van der Waals surface area contributed by atoms with Crippen LogP contribution in [0.1, 0.15) is 35.2 Å². The maximum Gasteiger partial charge on any atom is 0.255 e. The van der Waals surface area contributed by atoms with Crippen molar-refractivity contribution in [3.05, 3.63) is 89.2 Å². The lowest BCUT2D eigenvalue weighted by molar-refractivity contribution is -0.120. The van der Waals surface area contributed by atoms with Crippen molar-refractivity contribution >= 4 is 34.8 Å². The number of benzene rings is 2. The van der Waals surface area contributed by atoms with Gasteiger partial charge in [0.05, 0.1) is 6.42 Å². The van der Waals surface area contributed by atoms with Crippen LogP contribution in [0.5, 0.6) is 0 Å². The summed E-state index contributed by atoms with van der Waals surface area (Å²) >= 11 is 5.91. The van der Waals surface area contributed by atoms with Crippen LogP contribution in [-0.2, 0) is 11.2 Å². The van der Waals surface area contributed by atoms with E-state index in [9.17, 15) is 9.59 Å². The third-order valence-electron chi connectivity index (χ3n) is 6.19. The van der Waals surface area contributed by atoms with Gasteiger partial charge in [0.1, 0.15) is 0 Å². The first kappa shape index (κ1) is 23.8. The third-order valence-corrected chi connectivity index (χ3v) is 6.44. The summed E-state index contributed by atoms with van der Waals surface area (Å²) in [7, 11) is 0. The molecule has 1 saturated heterocycles. The zero-order chi connectivity index (χ0) is 23.8. The van der Waals surface area contributed by atoms with E-state index in [0.29, 0.717) is 28.7 Å². The van der Waals surface area contributed by atoms with Gasteiger partial charge < -0.3 is 15.5 Å². The van der Waals surface area contributed by atoms with E-state index >= 15 is 0 Å². The van der Waals surface area contributed by atoms with Crippen LogP contribution >= 0.6 is 11.6 Å². The minimum Gasteiger partial charge on any atom is -0.371 e. The van der Waals surface area contributed by atoms with Crippen molar-refractivity contribution in [3.63, 3.8) is 0 Å². The van der Waals surface area contributed by atoms with Gasteiger partial charge in [-0.1, -0.05) is 29.8 Å². The van der Waals surface area contributed by atoms with Gasteiger partial charge in [0.2, 0.25) is 5.91 Å². The number of hydrogen-bond donors (Lipinski definition) is 2. The fourth-order valence-corrected chi connectivity index (χ4v) is 4.39. The zero-order valence-electron chi connectivity index (χ0n) is 19.0. The molecule has 0 radical (unpaired) electrons. The number of amides is 2. The van der Waals surface area contributed by atoms with Crippen molar-refractivity contribution in [3.8, 4) is 0 Å². The molecule has 0 saturated carbocycles. The van der Waals surface area contributed by atoms with Gasteiger partial charge in [0.25, 0.3) is 5.91 Å². The topological polar surface area (TPSA) is 74.3 Å². The van der Waals surface area contributed by atoms with Crippen LogP contribution in [0.4, 0.5) is 11.4 Å². The second-order valence-corrected chi connectivity index (χ2v) is 9.02. The summed E-state index contributed by atoms with van der Waals surface area (Å²) in [5, 5.41) is 6.60. The minimum atomic E-state index is -0.235. The lowest BCUT2D eigenvalue weighted by Crippen LogP contribution is -2.31. The molecule has 3 aromatic rings. The number of para-hydroxylation sites is 1. The number of halogens is 1. The fourth-order valence-electron chi connectivity index (χ4n) is 4.27. The number of nitrogens with one attached hydrogen (secondary N) is 2. The molecular formula is C27H29ClN4O2. The lowest BCUT2D eigenvalue weighted by atomic mass is 10.0. The fraction of sp³-hybridized carbons (Fsp3) is 0.296. The van der Waals surface area contributed by atoms with Gasteiger partial charge in [-0.2, -0.15) is 0 Å². The van der Waals surface area contributed by atoms with E-state index in [-0.39, 0.29) is 18.2 Å². The molecule has 1 atom stereocenters. The van der Waals surface area contributed by atoms with Gasteiger partial charge in [0.15, 0.2) is 0 Å². The van der Waals surface area contributed by atoms with Crippen LogP contribution in [0.25, 0.3) is 0 Å². The highest BCUT2D eigenvalue weighted by Gasteiger charge is 2.18. The monoisotopic (exact) mass is 476 g/mol. The molecule has 1 aromatic heterocycles. The first-order valence-corrected chi connectivity index (χ1v) is 12.0. The Hall–Kier alpha value is -3.38. The quantitative estimate of drug-likeness (QED) is 0.505. The number of aromatic nitrogens is 1. The van der Waals surface area contributed by atoms with Gasteiger partial charge in [-0.15, -0.1) is 0 Å². The highest BCUT2D eigenvalue weighted by Crippen LogP contribution is 2.22. The normalized spacial score (nSPS) is 15.9. The minimum absolute atomic E-state index is 0.0385. The lowest BCUT2D eigenvalue weighted by Gasteiger charge is -2.22. The van der Waals surface area contributed by atoms with Crippen molar-refractivity contribution in [2.75, 3.05) is 29.9 Å². The maximum absolute atomic E-state index is 12.7. The third kappa shape index (κ3) is 6.58. The molecule has 2 aromatic carbocycles. The molecule has 7 heteroatoms. The average Bonchev–Trinajstić information content (AvgIpc) is 3.11. The van der Waals surface area contributed by atoms with Crippen LogP contribution in [0.3, 0.4) is 0 Å². The van der Waals surface area contributed by atoms with E-state index in [0.717, 1.165) is 37.9 Å². The number of nitrogens with zero attached hydrogens (tertiary/aromatic N) is 2. The zero-order valence-corrected chi connectivity index (χ0v) is 19.8. The van der Waals surface area contributed by atoms with Crippen molar-refractivity contribution in [2.24, 2.45) is 5.92 Å². The Morgan fingerprint density at radius 1 is 0.971 bits per heavy atom. The van der Waals surface area contributed by atoms with Crippen molar-refractivity contribution in [1.29, 1.82) is 0 Å². The number of carbonyl (C=O) groups is 2. The van der Waals surface area contributed by atoms with E-state index in [1.807, 2.05) is 48.8 Å². The van der Waals surface area contributed by atoms with E-state index < -0.39 is 0 Å². The van der Waals surface area contributed by atoms with Gasteiger partial charge >= 0.3 is 0 Å². The molecular weight excluding hydrogens is 448 g/mol. The van der Waals surface area contributed by atoms with Gasteiger partial charge in [-0.3, -0.25) is 14.6 Å². The molecule has 0 aliphatic carbocycles. The molecule has 1 fully saturated rings.